The van der Waals surface area contributed by atoms with E-state index in [2.05, 4.69) is 6.58 Å². The topological polar surface area (TPSA) is 20.2 Å². The zero-order chi connectivity index (χ0) is 10.8. The van der Waals surface area contributed by atoms with E-state index in [1.165, 1.54) is 18.2 Å². The number of rotatable bonds is 2. The van der Waals surface area contributed by atoms with Crippen LogP contribution in [0.4, 0.5) is 13.2 Å². The Morgan fingerprint density at radius 2 is 2.00 bits per heavy atom. The Morgan fingerprint density at radius 1 is 1.36 bits per heavy atom. The Labute approximate surface area is 79.5 Å². The quantitative estimate of drug-likeness (QED) is 0.730. The van der Waals surface area contributed by atoms with E-state index in [1.807, 2.05) is 0 Å². The van der Waals surface area contributed by atoms with Crippen molar-refractivity contribution in [3.8, 4) is 5.75 Å². The summed E-state index contributed by atoms with van der Waals surface area (Å²) in [5.74, 6) is -0.384. The molecule has 1 N–H and O–H groups in total. The highest BCUT2D eigenvalue weighted by Crippen LogP contribution is 2.34. The number of hydrogen-bond acceptors (Lipinski definition) is 1. The van der Waals surface area contributed by atoms with Crippen molar-refractivity contribution in [1.29, 1.82) is 0 Å². The fraction of sp³-hybridized carbons (Fsp3) is 0.200. The molecular weight excluding hydrogens is 193 g/mol. The van der Waals surface area contributed by atoms with E-state index in [0.717, 1.165) is 6.07 Å². The molecule has 0 amide bonds. The number of allylic oxidation sites excluding steroid dienone is 1. The Bertz CT molecular complexity index is 342. The SMILES string of the molecule is C=CCc1ccc(O)cc1C(F)(F)F. The predicted octanol–water partition coefficient (Wildman–Crippen LogP) is 3.14. The van der Waals surface area contributed by atoms with Crippen molar-refractivity contribution >= 4 is 0 Å². The van der Waals surface area contributed by atoms with Crippen molar-refractivity contribution in [2.24, 2.45) is 0 Å². The molecule has 0 atom stereocenters. The van der Waals surface area contributed by atoms with Crippen molar-refractivity contribution in [3.63, 3.8) is 0 Å². The summed E-state index contributed by atoms with van der Waals surface area (Å²) in [7, 11) is 0. The second-order valence-corrected chi connectivity index (χ2v) is 2.83. The first-order chi connectivity index (χ1) is 6.45. The molecule has 1 rings (SSSR count). The maximum absolute atomic E-state index is 12.4. The molecule has 4 heteroatoms. The minimum atomic E-state index is -4.43. The van der Waals surface area contributed by atoms with Gasteiger partial charge in [0.15, 0.2) is 0 Å². The smallest absolute Gasteiger partial charge is 0.416 e. The Kier molecular flexibility index (Phi) is 2.84. The van der Waals surface area contributed by atoms with Crippen molar-refractivity contribution in [2.75, 3.05) is 0 Å². The van der Waals surface area contributed by atoms with E-state index in [1.54, 1.807) is 0 Å². The van der Waals surface area contributed by atoms with E-state index < -0.39 is 11.7 Å². The summed E-state index contributed by atoms with van der Waals surface area (Å²) in [5.41, 5.74) is -0.692. The van der Waals surface area contributed by atoms with E-state index in [-0.39, 0.29) is 17.7 Å². The second-order valence-electron chi connectivity index (χ2n) is 2.83. The highest BCUT2D eigenvalue weighted by molar-refractivity contribution is 5.37. The number of phenolic OH excluding ortho intramolecular Hbond substituents is 1. The summed E-state index contributed by atoms with van der Waals surface area (Å²) >= 11 is 0. The van der Waals surface area contributed by atoms with E-state index in [9.17, 15) is 13.2 Å². The van der Waals surface area contributed by atoms with Gasteiger partial charge in [0, 0.05) is 0 Å². The second kappa shape index (κ2) is 3.74. The van der Waals surface area contributed by atoms with Gasteiger partial charge in [-0.05, 0) is 24.1 Å². The molecule has 1 aromatic carbocycles. The maximum Gasteiger partial charge on any atom is 0.416 e. The van der Waals surface area contributed by atoms with Crippen LogP contribution >= 0.6 is 0 Å². The van der Waals surface area contributed by atoms with Crippen LogP contribution in [-0.2, 0) is 12.6 Å². The molecule has 0 fully saturated rings. The fourth-order valence-electron chi connectivity index (χ4n) is 1.16. The molecule has 0 bridgehead atoms. The van der Waals surface area contributed by atoms with Gasteiger partial charge in [-0.3, -0.25) is 0 Å². The third-order valence-electron chi connectivity index (χ3n) is 1.76. The molecule has 0 spiro atoms. The van der Waals surface area contributed by atoms with E-state index in [0.29, 0.717) is 0 Å². The molecule has 0 unspecified atom stereocenters. The van der Waals surface area contributed by atoms with Gasteiger partial charge in [-0.15, -0.1) is 6.58 Å². The van der Waals surface area contributed by atoms with Crippen LogP contribution in [0.5, 0.6) is 5.75 Å². The fourth-order valence-corrected chi connectivity index (χ4v) is 1.16. The van der Waals surface area contributed by atoms with Crippen LogP contribution in [0.15, 0.2) is 30.9 Å². The molecule has 0 aliphatic rings. The van der Waals surface area contributed by atoms with Crippen molar-refractivity contribution in [3.05, 3.63) is 42.0 Å². The number of hydrogen-bond donors (Lipinski definition) is 1. The molecule has 0 aliphatic heterocycles. The first-order valence-electron chi connectivity index (χ1n) is 3.95. The van der Waals surface area contributed by atoms with Gasteiger partial charge in [-0.2, -0.15) is 13.2 Å². The molecule has 1 nitrogen and oxygen atoms in total. The van der Waals surface area contributed by atoms with Gasteiger partial charge >= 0.3 is 6.18 Å². The lowest BCUT2D eigenvalue weighted by Crippen LogP contribution is -2.08. The number of benzene rings is 1. The van der Waals surface area contributed by atoms with Crippen LogP contribution in [0.25, 0.3) is 0 Å². The summed E-state index contributed by atoms with van der Waals surface area (Å²) in [6.07, 6.45) is -2.91. The third kappa shape index (κ3) is 2.28. The Balaban J connectivity index is 3.22. The highest BCUT2D eigenvalue weighted by Gasteiger charge is 2.33. The first kappa shape index (κ1) is 10.6. The lowest BCUT2D eigenvalue weighted by Gasteiger charge is -2.11. The molecule has 0 saturated heterocycles. The molecule has 76 valence electrons. The normalized spacial score (nSPS) is 11.4. The summed E-state index contributed by atoms with van der Waals surface area (Å²) in [5, 5.41) is 8.94. The van der Waals surface area contributed by atoms with Gasteiger partial charge in [0.1, 0.15) is 5.75 Å². The van der Waals surface area contributed by atoms with Crippen LogP contribution in [0.1, 0.15) is 11.1 Å². The summed E-state index contributed by atoms with van der Waals surface area (Å²) in [4.78, 5) is 0. The lowest BCUT2D eigenvalue weighted by atomic mass is 10.0. The summed E-state index contributed by atoms with van der Waals surface area (Å²) in [6, 6.07) is 3.20. The highest BCUT2D eigenvalue weighted by atomic mass is 19.4. The minimum Gasteiger partial charge on any atom is -0.508 e. The number of phenols is 1. The number of halogens is 3. The lowest BCUT2D eigenvalue weighted by molar-refractivity contribution is -0.138. The van der Waals surface area contributed by atoms with Gasteiger partial charge in [0.2, 0.25) is 0 Å². The molecule has 0 aliphatic carbocycles. The monoisotopic (exact) mass is 202 g/mol. The van der Waals surface area contributed by atoms with Crippen LogP contribution in [-0.4, -0.2) is 5.11 Å². The van der Waals surface area contributed by atoms with Gasteiger partial charge in [0.05, 0.1) is 5.56 Å². The molecule has 1 aromatic rings. The predicted molar refractivity (Wildman–Crippen MR) is 47.0 cm³/mol. The van der Waals surface area contributed by atoms with E-state index >= 15 is 0 Å². The summed E-state index contributed by atoms with van der Waals surface area (Å²) < 4.78 is 37.2. The van der Waals surface area contributed by atoms with Gasteiger partial charge in [0.25, 0.3) is 0 Å². The molecule has 0 aromatic heterocycles. The largest absolute Gasteiger partial charge is 0.508 e. The van der Waals surface area contributed by atoms with E-state index in [4.69, 9.17) is 5.11 Å². The molecule has 0 heterocycles. The number of aromatic hydroxyl groups is 1. The van der Waals surface area contributed by atoms with Crippen LogP contribution in [0, 0.1) is 0 Å². The Morgan fingerprint density at radius 3 is 2.50 bits per heavy atom. The van der Waals surface area contributed by atoms with Crippen LogP contribution < -0.4 is 0 Å². The first-order valence-corrected chi connectivity index (χ1v) is 3.95. The average Bonchev–Trinajstić information content (AvgIpc) is 2.07. The maximum atomic E-state index is 12.4. The molecule has 0 saturated carbocycles. The van der Waals surface area contributed by atoms with Crippen molar-refractivity contribution in [2.45, 2.75) is 12.6 Å². The van der Waals surface area contributed by atoms with Gasteiger partial charge in [-0.25, -0.2) is 0 Å². The molecular formula is C10H9F3O. The van der Waals surface area contributed by atoms with Crippen LogP contribution in [0.2, 0.25) is 0 Å². The van der Waals surface area contributed by atoms with Crippen molar-refractivity contribution in [1.82, 2.24) is 0 Å². The van der Waals surface area contributed by atoms with Crippen LogP contribution in [0.3, 0.4) is 0 Å². The standard InChI is InChI=1S/C10H9F3O/c1-2-3-7-4-5-8(14)6-9(7)10(11,12)13/h2,4-6,14H,1,3H2. The molecule has 14 heavy (non-hydrogen) atoms. The van der Waals surface area contributed by atoms with Gasteiger partial charge in [-0.1, -0.05) is 12.1 Å². The minimum absolute atomic E-state index is 0.116. The third-order valence-corrected chi connectivity index (χ3v) is 1.76. The number of alkyl halides is 3. The zero-order valence-electron chi connectivity index (χ0n) is 7.30. The molecule has 0 radical (unpaired) electrons. The average molecular weight is 202 g/mol. The van der Waals surface area contributed by atoms with Gasteiger partial charge < -0.3 is 5.11 Å². The Hall–Kier alpha value is -1.45. The zero-order valence-corrected chi connectivity index (χ0v) is 7.30. The van der Waals surface area contributed by atoms with Crippen molar-refractivity contribution < 1.29 is 18.3 Å². The summed E-state index contributed by atoms with van der Waals surface area (Å²) in [6.45, 7) is 3.37.